The minimum Gasteiger partial charge on any atom is -0.387 e. The molecular weight excluding hydrogens is 370 g/mol. The molecule has 29 heavy (non-hydrogen) atoms. The molecule has 2 aromatic rings. The number of rotatable bonds is 8. The SMILES string of the molecule is CN(C)c1ccc(C(O)CNC(=O)CCCN2C(=O)c3ccccc3C2=O)cc1. The molecule has 7 heteroatoms. The molecule has 3 amide bonds. The molecule has 0 saturated heterocycles. The molecule has 0 fully saturated rings. The summed E-state index contributed by atoms with van der Waals surface area (Å²) in [6, 6.07) is 14.2. The molecule has 0 aromatic heterocycles. The second kappa shape index (κ2) is 8.87. The van der Waals surface area contributed by atoms with Crippen LogP contribution in [-0.4, -0.2) is 54.9 Å². The number of carbonyl (C=O) groups is 3. The van der Waals surface area contributed by atoms with Gasteiger partial charge >= 0.3 is 0 Å². The van der Waals surface area contributed by atoms with Gasteiger partial charge in [-0.1, -0.05) is 24.3 Å². The number of hydrogen-bond acceptors (Lipinski definition) is 5. The molecule has 1 atom stereocenters. The van der Waals surface area contributed by atoms with Crippen LogP contribution in [0.15, 0.2) is 48.5 Å². The Bertz CT molecular complexity index is 874. The predicted molar refractivity (Wildman–Crippen MR) is 110 cm³/mol. The summed E-state index contributed by atoms with van der Waals surface area (Å²) in [6.45, 7) is 0.293. The van der Waals surface area contributed by atoms with Crippen molar-refractivity contribution in [3.8, 4) is 0 Å². The molecule has 1 unspecified atom stereocenters. The van der Waals surface area contributed by atoms with Crippen LogP contribution in [0.4, 0.5) is 5.69 Å². The predicted octanol–water partition coefficient (Wildman–Crippen LogP) is 1.98. The Kier molecular flexibility index (Phi) is 6.29. The molecule has 1 heterocycles. The van der Waals surface area contributed by atoms with Crippen molar-refractivity contribution in [2.24, 2.45) is 0 Å². The van der Waals surface area contributed by atoms with Crippen LogP contribution in [0.1, 0.15) is 45.2 Å². The van der Waals surface area contributed by atoms with Gasteiger partial charge < -0.3 is 15.3 Å². The highest BCUT2D eigenvalue weighted by atomic mass is 16.3. The fraction of sp³-hybridized carbons (Fsp3) is 0.318. The van der Waals surface area contributed by atoms with E-state index in [1.807, 2.05) is 43.3 Å². The van der Waals surface area contributed by atoms with Crippen LogP contribution < -0.4 is 10.2 Å². The fourth-order valence-electron chi connectivity index (χ4n) is 3.25. The Morgan fingerprint density at radius 1 is 1.03 bits per heavy atom. The molecule has 1 aliphatic heterocycles. The fourth-order valence-corrected chi connectivity index (χ4v) is 3.25. The molecule has 1 aliphatic rings. The molecule has 2 aromatic carbocycles. The number of aliphatic hydroxyl groups excluding tert-OH is 1. The van der Waals surface area contributed by atoms with Crippen molar-refractivity contribution in [3.05, 3.63) is 65.2 Å². The van der Waals surface area contributed by atoms with Gasteiger partial charge in [0, 0.05) is 39.3 Å². The number of fused-ring (bicyclic) bond motifs is 1. The molecule has 0 radical (unpaired) electrons. The van der Waals surface area contributed by atoms with Gasteiger partial charge in [-0.25, -0.2) is 0 Å². The van der Waals surface area contributed by atoms with Gasteiger partial charge in [0.1, 0.15) is 0 Å². The molecule has 0 spiro atoms. The number of carbonyl (C=O) groups excluding carboxylic acids is 3. The zero-order valence-electron chi connectivity index (χ0n) is 16.6. The Morgan fingerprint density at radius 2 is 1.62 bits per heavy atom. The maximum atomic E-state index is 12.3. The maximum Gasteiger partial charge on any atom is 0.261 e. The van der Waals surface area contributed by atoms with Crippen molar-refractivity contribution in [2.45, 2.75) is 18.9 Å². The Balaban J connectivity index is 1.42. The molecule has 152 valence electrons. The highest BCUT2D eigenvalue weighted by molar-refractivity contribution is 6.21. The van der Waals surface area contributed by atoms with E-state index in [9.17, 15) is 19.5 Å². The molecule has 2 N–H and O–H groups in total. The highest BCUT2D eigenvalue weighted by Crippen LogP contribution is 2.22. The van der Waals surface area contributed by atoms with Crippen molar-refractivity contribution in [3.63, 3.8) is 0 Å². The van der Waals surface area contributed by atoms with Crippen LogP contribution in [-0.2, 0) is 4.79 Å². The van der Waals surface area contributed by atoms with Gasteiger partial charge in [0.15, 0.2) is 0 Å². The van der Waals surface area contributed by atoms with Crippen molar-refractivity contribution in [1.29, 1.82) is 0 Å². The molecule has 0 bridgehead atoms. The zero-order chi connectivity index (χ0) is 21.0. The number of aliphatic hydroxyl groups is 1. The van der Waals surface area contributed by atoms with Crippen molar-refractivity contribution in [2.75, 3.05) is 32.1 Å². The lowest BCUT2D eigenvalue weighted by Gasteiger charge is -2.16. The van der Waals surface area contributed by atoms with Crippen molar-refractivity contribution < 1.29 is 19.5 Å². The van der Waals surface area contributed by atoms with Crippen LogP contribution in [0.5, 0.6) is 0 Å². The van der Waals surface area contributed by atoms with E-state index in [0.29, 0.717) is 17.5 Å². The number of nitrogens with one attached hydrogen (secondary N) is 1. The lowest BCUT2D eigenvalue weighted by molar-refractivity contribution is -0.121. The lowest BCUT2D eigenvalue weighted by atomic mass is 10.1. The average Bonchev–Trinajstić information content (AvgIpc) is 2.97. The second-order valence-corrected chi connectivity index (χ2v) is 7.22. The summed E-state index contributed by atoms with van der Waals surface area (Å²) in [4.78, 5) is 39.8. The van der Waals surface area contributed by atoms with E-state index in [4.69, 9.17) is 0 Å². The third-order valence-electron chi connectivity index (χ3n) is 4.95. The summed E-state index contributed by atoms with van der Waals surface area (Å²) in [5.74, 6) is -0.865. The summed E-state index contributed by atoms with van der Waals surface area (Å²) in [6.07, 6.45) is -0.267. The quantitative estimate of drug-likeness (QED) is 0.667. The van der Waals surface area contributed by atoms with Gasteiger partial charge in [-0.05, 0) is 36.2 Å². The monoisotopic (exact) mass is 395 g/mol. The van der Waals surface area contributed by atoms with Gasteiger partial charge in [-0.15, -0.1) is 0 Å². The Morgan fingerprint density at radius 3 is 2.17 bits per heavy atom. The molecule has 0 aliphatic carbocycles. The van der Waals surface area contributed by atoms with Crippen LogP contribution in [0.2, 0.25) is 0 Å². The van der Waals surface area contributed by atoms with Crippen LogP contribution >= 0.6 is 0 Å². The van der Waals surface area contributed by atoms with Gasteiger partial charge in [0.05, 0.1) is 17.2 Å². The van der Waals surface area contributed by atoms with Crippen LogP contribution in [0, 0.1) is 0 Å². The normalized spacial score (nSPS) is 14.0. The number of nitrogens with zero attached hydrogens (tertiary/aromatic N) is 2. The zero-order valence-corrected chi connectivity index (χ0v) is 16.6. The number of hydrogen-bond donors (Lipinski definition) is 2. The maximum absolute atomic E-state index is 12.3. The largest absolute Gasteiger partial charge is 0.387 e. The smallest absolute Gasteiger partial charge is 0.261 e. The minimum atomic E-state index is -0.800. The first-order valence-corrected chi connectivity index (χ1v) is 9.55. The summed E-state index contributed by atoms with van der Waals surface area (Å²) >= 11 is 0. The molecule has 3 rings (SSSR count). The van der Waals surface area contributed by atoms with Gasteiger partial charge in [-0.3, -0.25) is 19.3 Å². The summed E-state index contributed by atoms with van der Waals surface area (Å²) in [5.41, 5.74) is 2.57. The lowest BCUT2D eigenvalue weighted by Crippen LogP contribution is -2.32. The summed E-state index contributed by atoms with van der Waals surface area (Å²) < 4.78 is 0. The summed E-state index contributed by atoms with van der Waals surface area (Å²) in [7, 11) is 3.88. The Labute approximate surface area is 169 Å². The number of benzene rings is 2. The van der Waals surface area contributed by atoms with Crippen LogP contribution in [0.25, 0.3) is 0 Å². The minimum absolute atomic E-state index is 0.104. The topological polar surface area (TPSA) is 89.9 Å². The molecular formula is C22H25N3O4. The first kappa shape index (κ1) is 20.5. The van der Waals surface area contributed by atoms with E-state index in [-0.39, 0.29) is 37.2 Å². The average molecular weight is 395 g/mol. The second-order valence-electron chi connectivity index (χ2n) is 7.22. The van der Waals surface area contributed by atoms with Crippen molar-refractivity contribution in [1.82, 2.24) is 10.2 Å². The third kappa shape index (κ3) is 4.63. The Hall–Kier alpha value is -3.19. The van der Waals surface area contributed by atoms with E-state index in [1.165, 1.54) is 4.90 Å². The van der Waals surface area contributed by atoms with Crippen LogP contribution in [0.3, 0.4) is 0 Å². The van der Waals surface area contributed by atoms with E-state index in [1.54, 1.807) is 24.3 Å². The third-order valence-corrected chi connectivity index (χ3v) is 4.95. The number of imide groups is 1. The van der Waals surface area contributed by atoms with E-state index < -0.39 is 6.10 Å². The first-order valence-electron chi connectivity index (χ1n) is 9.55. The first-order chi connectivity index (χ1) is 13.9. The van der Waals surface area contributed by atoms with Gasteiger partial charge in [0.25, 0.3) is 11.8 Å². The van der Waals surface area contributed by atoms with Gasteiger partial charge in [-0.2, -0.15) is 0 Å². The summed E-state index contributed by atoms with van der Waals surface area (Å²) in [5, 5.41) is 12.9. The molecule has 0 saturated carbocycles. The number of amides is 3. The van der Waals surface area contributed by atoms with Gasteiger partial charge in [0.2, 0.25) is 5.91 Å². The van der Waals surface area contributed by atoms with E-state index in [2.05, 4.69) is 5.32 Å². The number of anilines is 1. The molecule has 7 nitrogen and oxygen atoms in total. The standard InChI is InChI=1S/C22H25N3O4/c1-24(2)16-11-9-15(10-12-16)19(26)14-23-20(27)8-5-13-25-21(28)17-6-3-4-7-18(17)22(25)29/h3-4,6-7,9-12,19,26H,5,8,13-14H2,1-2H3,(H,23,27). The van der Waals surface area contributed by atoms with Crippen molar-refractivity contribution >= 4 is 23.4 Å². The van der Waals surface area contributed by atoms with E-state index >= 15 is 0 Å². The van der Waals surface area contributed by atoms with E-state index in [0.717, 1.165) is 11.3 Å². The highest BCUT2D eigenvalue weighted by Gasteiger charge is 2.34.